The van der Waals surface area contributed by atoms with Crippen LogP contribution in [0.3, 0.4) is 0 Å². The molecule has 4 N–H and O–H groups in total. The first kappa shape index (κ1) is 16.6. The molecule has 0 bridgehead atoms. The van der Waals surface area contributed by atoms with Gasteiger partial charge in [0.25, 0.3) is 0 Å². The molecule has 0 spiro atoms. The molecule has 1 heterocycles. The Kier molecular flexibility index (Phi) is 4.18. The zero-order valence-electron chi connectivity index (χ0n) is 14.1. The van der Waals surface area contributed by atoms with Gasteiger partial charge in [-0.3, -0.25) is 0 Å². The third-order valence-electron chi connectivity index (χ3n) is 4.11. The molecule has 6 nitrogen and oxygen atoms in total. The number of para-hydroxylation sites is 1. The van der Waals surface area contributed by atoms with Gasteiger partial charge in [0.1, 0.15) is 11.3 Å². The van der Waals surface area contributed by atoms with Crippen LogP contribution in [0.4, 0.5) is 26.4 Å². The van der Waals surface area contributed by atoms with Crippen molar-refractivity contribution in [1.29, 1.82) is 0 Å². The zero-order valence-corrected chi connectivity index (χ0v) is 14.1. The van der Waals surface area contributed by atoms with E-state index in [0.717, 1.165) is 16.5 Å². The number of benzene rings is 3. The van der Waals surface area contributed by atoms with E-state index in [1.807, 2.05) is 30.3 Å². The molecule has 0 aliphatic rings. The molecular formula is C20H15FN4O2. The minimum atomic E-state index is -0.529. The van der Waals surface area contributed by atoms with Crippen LogP contribution in [0, 0.1) is 5.82 Å². The van der Waals surface area contributed by atoms with Gasteiger partial charge in [-0.15, -0.1) is 0 Å². The van der Waals surface area contributed by atoms with Crippen LogP contribution in [0.2, 0.25) is 0 Å². The summed E-state index contributed by atoms with van der Waals surface area (Å²) in [5, 5.41) is 9.80. The van der Waals surface area contributed by atoms with E-state index >= 15 is 0 Å². The normalized spacial score (nSPS) is 10.7. The van der Waals surface area contributed by atoms with Crippen molar-refractivity contribution >= 4 is 34.2 Å². The highest BCUT2D eigenvalue weighted by molar-refractivity contribution is 6.02. The SMILES string of the molecule is Nc1onc2cccc(-c3ccc(NC(=O)Nc4ccccc4F)cc3)c12. The Balaban J connectivity index is 1.53. The van der Waals surface area contributed by atoms with E-state index in [-0.39, 0.29) is 11.6 Å². The van der Waals surface area contributed by atoms with Crippen LogP contribution in [-0.2, 0) is 0 Å². The summed E-state index contributed by atoms with van der Waals surface area (Å²) in [7, 11) is 0. The second-order valence-electron chi connectivity index (χ2n) is 5.88. The fourth-order valence-electron chi connectivity index (χ4n) is 2.84. The minimum Gasteiger partial charge on any atom is -0.367 e. The molecule has 0 aliphatic carbocycles. The smallest absolute Gasteiger partial charge is 0.323 e. The number of carbonyl (C=O) groups is 1. The minimum absolute atomic E-state index is 0.112. The maximum Gasteiger partial charge on any atom is 0.323 e. The molecule has 0 radical (unpaired) electrons. The number of hydrogen-bond acceptors (Lipinski definition) is 4. The van der Waals surface area contributed by atoms with Crippen molar-refractivity contribution in [2.75, 3.05) is 16.4 Å². The maximum atomic E-state index is 13.6. The Morgan fingerprint density at radius 2 is 1.74 bits per heavy atom. The maximum absolute atomic E-state index is 13.6. The second kappa shape index (κ2) is 6.80. The van der Waals surface area contributed by atoms with E-state index < -0.39 is 11.8 Å². The van der Waals surface area contributed by atoms with Crippen molar-refractivity contribution in [3.8, 4) is 11.1 Å². The average molecular weight is 362 g/mol. The summed E-state index contributed by atoms with van der Waals surface area (Å²) < 4.78 is 18.6. The standard InChI is InChI=1S/C20H15FN4O2/c21-15-5-1-2-6-16(15)24-20(26)23-13-10-8-12(9-11-13)14-4-3-7-17-18(14)19(22)27-25-17/h1-11H,22H2,(H2,23,24,26). The van der Waals surface area contributed by atoms with Crippen molar-refractivity contribution in [2.45, 2.75) is 0 Å². The third kappa shape index (κ3) is 3.30. The first-order chi connectivity index (χ1) is 13.1. The van der Waals surface area contributed by atoms with Crippen molar-refractivity contribution < 1.29 is 13.7 Å². The number of nitrogens with two attached hydrogens (primary N) is 1. The summed E-state index contributed by atoms with van der Waals surface area (Å²) in [6.45, 7) is 0. The van der Waals surface area contributed by atoms with E-state index in [9.17, 15) is 9.18 Å². The lowest BCUT2D eigenvalue weighted by Crippen LogP contribution is -2.20. The van der Waals surface area contributed by atoms with Crippen LogP contribution in [0.25, 0.3) is 22.0 Å². The van der Waals surface area contributed by atoms with E-state index in [2.05, 4.69) is 15.8 Å². The second-order valence-corrected chi connectivity index (χ2v) is 5.88. The highest BCUT2D eigenvalue weighted by atomic mass is 19.1. The summed E-state index contributed by atoms with van der Waals surface area (Å²) >= 11 is 0. The lowest BCUT2D eigenvalue weighted by Gasteiger charge is -2.09. The fourth-order valence-corrected chi connectivity index (χ4v) is 2.84. The molecule has 0 saturated carbocycles. The van der Waals surface area contributed by atoms with Crippen molar-refractivity contribution in [1.82, 2.24) is 5.16 Å². The van der Waals surface area contributed by atoms with Crippen molar-refractivity contribution in [3.63, 3.8) is 0 Å². The highest BCUT2D eigenvalue weighted by Crippen LogP contribution is 2.32. The number of urea groups is 1. The number of rotatable bonds is 3. The molecule has 7 heteroatoms. The number of anilines is 3. The van der Waals surface area contributed by atoms with E-state index in [4.69, 9.17) is 10.3 Å². The predicted molar refractivity (Wildman–Crippen MR) is 103 cm³/mol. The first-order valence-corrected chi connectivity index (χ1v) is 8.18. The molecule has 1 aromatic heterocycles. The van der Waals surface area contributed by atoms with Gasteiger partial charge in [0.15, 0.2) is 0 Å². The summed E-state index contributed by atoms with van der Waals surface area (Å²) in [5.74, 6) is -0.241. The number of amides is 2. The fraction of sp³-hybridized carbons (Fsp3) is 0. The molecule has 4 aromatic rings. The Bertz CT molecular complexity index is 1120. The van der Waals surface area contributed by atoms with Gasteiger partial charge in [-0.25, -0.2) is 9.18 Å². The molecule has 3 aromatic carbocycles. The Hall–Kier alpha value is -3.87. The van der Waals surface area contributed by atoms with Crippen LogP contribution in [0.5, 0.6) is 0 Å². The molecule has 2 amide bonds. The summed E-state index contributed by atoms with van der Waals surface area (Å²) in [4.78, 5) is 12.0. The van der Waals surface area contributed by atoms with Crippen molar-refractivity contribution in [3.05, 3.63) is 72.5 Å². The number of nitrogen functional groups attached to an aromatic ring is 1. The lowest BCUT2D eigenvalue weighted by atomic mass is 10.0. The molecule has 4 rings (SSSR count). The summed E-state index contributed by atoms with van der Waals surface area (Å²) in [5.41, 5.74) is 9.01. The lowest BCUT2D eigenvalue weighted by molar-refractivity contribution is 0.262. The number of hydrogen-bond donors (Lipinski definition) is 3. The van der Waals surface area contributed by atoms with Crippen LogP contribution in [-0.4, -0.2) is 11.2 Å². The largest absolute Gasteiger partial charge is 0.367 e. The van der Waals surface area contributed by atoms with E-state index in [1.165, 1.54) is 12.1 Å². The van der Waals surface area contributed by atoms with E-state index in [0.29, 0.717) is 11.2 Å². The number of nitrogens with one attached hydrogen (secondary N) is 2. The van der Waals surface area contributed by atoms with Gasteiger partial charge in [-0.2, -0.15) is 0 Å². The molecule has 134 valence electrons. The molecule has 0 fully saturated rings. The van der Waals surface area contributed by atoms with Gasteiger partial charge < -0.3 is 20.9 Å². The van der Waals surface area contributed by atoms with Gasteiger partial charge in [-0.05, 0) is 41.5 Å². The van der Waals surface area contributed by atoms with Gasteiger partial charge in [0.05, 0.1) is 11.1 Å². The zero-order chi connectivity index (χ0) is 18.8. The Morgan fingerprint density at radius 3 is 2.52 bits per heavy atom. The van der Waals surface area contributed by atoms with Gasteiger partial charge in [-0.1, -0.05) is 41.6 Å². The van der Waals surface area contributed by atoms with Crippen LogP contribution < -0.4 is 16.4 Å². The number of carbonyl (C=O) groups excluding carboxylic acids is 1. The summed E-state index contributed by atoms with van der Waals surface area (Å²) in [6, 6.07) is 18.2. The molecule has 0 atom stereocenters. The number of fused-ring (bicyclic) bond motifs is 1. The molecule has 0 aliphatic heterocycles. The van der Waals surface area contributed by atoms with E-state index in [1.54, 1.807) is 24.3 Å². The van der Waals surface area contributed by atoms with Crippen LogP contribution >= 0.6 is 0 Å². The highest BCUT2D eigenvalue weighted by Gasteiger charge is 2.12. The van der Waals surface area contributed by atoms with Gasteiger partial charge in [0, 0.05) is 5.69 Å². The van der Waals surface area contributed by atoms with Gasteiger partial charge in [0.2, 0.25) is 5.88 Å². The van der Waals surface area contributed by atoms with Crippen LogP contribution in [0.15, 0.2) is 71.3 Å². The monoisotopic (exact) mass is 362 g/mol. The number of aromatic nitrogens is 1. The van der Waals surface area contributed by atoms with Crippen LogP contribution in [0.1, 0.15) is 0 Å². The summed E-state index contributed by atoms with van der Waals surface area (Å²) in [6.07, 6.45) is 0. The quantitative estimate of drug-likeness (QED) is 0.485. The predicted octanol–water partition coefficient (Wildman–Crippen LogP) is 4.86. The third-order valence-corrected chi connectivity index (χ3v) is 4.11. The Morgan fingerprint density at radius 1 is 0.963 bits per heavy atom. The molecule has 0 saturated heterocycles. The Labute approximate surface area is 153 Å². The van der Waals surface area contributed by atoms with Gasteiger partial charge >= 0.3 is 6.03 Å². The number of halogens is 1. The first-order valence-electron chi connectivity index (χ1n) is 8.18. The average Bonchev–Trinajstić information content (AvgIpc) is 3.06. The topological polar surface area (TPSA) is 93.2 Å². The van der Waals surface area contributed by atoms with Crippen molar-refractivity contribution in [2.24, 2.45) is 0 Å². The number of nitrogens with zero attached hydrogens (tertiary/aromatic N) is 1. The molecule has 0 unspecified atom stereocenters. The molecule has 27 heavy (non-hydrogen) atoms. The molecular weight excluding hydrogens is 347 g/mol.